The maximum Gasteiger partial charge on any atom is 0.412 e. The molecule has 0 unspecified atom stereocenters. The van der Waals surface area contributed by atoms with Crippen molar-refractivity contribution in [2.75, 3.05) is 11.1 Å². The summed E-state index contributed by atoms with van der Waals surface area (Å²) in [7, 11) is 0. The first kappa shape index (κ1) is 12.2. The van der Waals surface area contributed by atoms with Crippen LogP contribution in [0.2, 0.25) is 0 Å². The number of rotatable bonds is 1. The van der Waals surface area contributed by atoms with E-state index < -0.39 is 11.7 Å². The Morgan fingerprint density at radius 2 is 2.17 bits per heavy atom. The minimum Gasteiger partial charge on any atom is -0.444 e. The minimum atomic E-state index is -0.537. The van der Waals surface area contributed by atoms with E-state index in [1.165, 1.54) is 0 Å². The lowest BCUT2D eigenvalue weighted by Crippen LogP contribution is -2.27. The number of nitrogens with two attached hydrogens (primary N) is 1. The van der Waals surface area contributed by atoms with Crippen LogP contribution in [0.15, 0.2) is 22.7 Å². The van der Waals surface area contributed by atoms with Gasteiger partial charge in [0.2, 0.25) is 0 Å². The summed E-state index contributed by atoms with van der Waals surface area (Å²) in [6.07, 6.45) is -0.519. The molecule has 18 heavy (non-hydrogen) atoms. The second-order valence-corrected chi connectivity index (χ2v) is 4.91. The molecule has 0 saturated carbocycles. The van der Waals surface area contributed by atoms with Crippen molar-refractivity contribution >= 4 is 28.6 Å². The number of nitrogen functional groups attached to an aromatic ring is 1. The predicted molar refractivity (Wildman–Crippen MR) is 68.3 cm³/mol. The Kier molecular flexibility index (Phi) is 2.86. The molecule has 0 spiro atoms. The highest BCUT2D eigenvalue weighted by Crippen LogP contribution is 2.23. The molecule has 0 fully saturated rings. The van der Waals surface area contributed by atoms with Gasteiger partial charge in [-0.25, -0.2) is 4.79 Å². The Labute approximate surface area is 104 Å². The van der Waals surface area contributed by atoms with Gasteiger partial charge in [0, 0.05) is 11.8 Å². The second kappa shape index (κ2) is 4.21. The van der Waals surface area contributed by atoms with Crippen molar-refractivity contribution < 1.29 is 14.1 Å². The smallest absolute Gasteiger partial charge is 0.412 e. The molecule has 1 heterocycles. The lowest BCUT2D eigenvalue weighted by atomic mass is 10.2. The van der Waals surface area contributed by atoms with E-state index in [2.05, 4.69) is 10.5 Å². The summed E-state index contributed by atoms with van der Waals surface area (Å²) in [5.74, 6) is 0.328. The van der Waals surface area contributed by atoms with Crippen LogP contribution >= 0.6 is 0 Å². The lowest BCUT2D eigenvalue weighted by molar-refractivity contribution is 0.0636. The van der Waals surface area contributed by atoms with Crippen molar-refractivity contribution in [1.82, 2.24) is 5.16 Å². The maximum atomic E-state index is 11.6. The van der Waals surface area contributed by atoms with Crippen LogP contribution in [0.1, 0.15) is 20.8 Å². The molecule has 1 aromatic heterocycles. The van der Waals surface area contributed by atoms with Crippen molar-refractivity contribution in [3.8, 4) is 0 Å². The van der Waals surface area contributed by atoms with Gasteiger partial charge in [0.05, 0.1) is 5.39 Å². The van der Waals surface area contributed by atoms with E-state index in [4.69, 9.17) is 15.0 Å². The number of carbonyl (C=O) groups is 1. The van der Waals surface area contributed by atoms with Gasteiger partial charge in [0.1, 0.15) is 5.60 Å². The summed E-state index contributed by atoms with van der Waals surface area (Å²) in [6.45, 7) is 5.40. The summed E-state index contributed by atoms with van der Waals surface area (Å²) >= 11 is 0. The van der Waals surface area contributed by atoms with E-state index in [0.29, 0.717) is 22.5 Å². The van der Waals surface area contributed by atoms with E-state index >= 15 is 0 Å². The minimum absolute atomic E-state index is 0.328. The number of amides is 1. The maximum absolute atomic E-state index is 11.6. The Morgan fingerprint density at radius 3 is 2.83 bits per heavy atom. The van der Waals surface area contributed by atoms with Crippen LogP contribution in [-0.4, -0.2) is 16.9 Å². The van der Waals surface area contributed by atoms with Crippen molar-refractivity contribution in [3.63, 3.8) is 0 Å². The zero-order valence-electron chi connectivity index (χ0n) is 10.5. The lowest BCUT2D eigenvalue weighted by Gasteiger charge is -2.19. The summed E-state index contributed by atoms with van der Waals surface area (Å²) in [5, 5.41) is 6.96. The van der Waals surface area contributed by atoms with E-state index in [-0.39, 0.29) is 0 Å². The van der Waals surface area contributed by atoms with Crippen molar-refractivity contribution in [2.24, 2.45) is 0 Å². The first-order valence-corrected chi connectivity index (χ1v) is 5.50. The molecular formula is C12H15N3O3. The number of hydrogen-bond donors (Lipinski definition) is 2. The van der Waals surface area contributed by atoms with Gasteiger partial charge < -0.3 is 15.0 Å². The third-order valence-electron chi connectivity index (χ3n) is 2.15. The predicted octanol–water partition coefficient (Wildman–Crippen LogP) is 2.76. The number of ether oxygens (including phenoxy) is 1. The largest absolute Gasteiger partial charge is 0.444 e. The highest BCUT2D eigenvalue weighted by Gasteiger charge is 2.16. The molecule has 1 amide bonds. The average molecular weight is 249 g/mol. The molecule has 0 radical (unpaired) electrons. The van der Waals surface area contributed by atoms with Gasteiger partial charge in [-0.05, 0) is 32.9 Å². The molecule has 0 aliphatic carbocycles. The van der Waals surface area contributed by atoms with Gasteiger partial charge in [-0.3, -0.25) is 5.32 Å². The second-order valence-electron chi connectivity index (χ2n) is 4.91. The standard InChI is InChI=1S/C12H15N3O3/c1-12(2,3)17-11(16)14-7-4-5-8-9(6-7)18-15-10(8)13/h4-6H,1-3H3,(H2,13,15)(H,14,16). The number of fused-ring (bicyclic) bond motifs is 1. The molecule has 96 valence electrons. The number of aromatic nitrogens is 1. The molecular weight excluding hydrogens is 234 g/mol. The Hall–Kier alpha value is -2.24. The summed E-state index contributed by atoms with van der Waals surface area (Å²) in [5.41, 5.74) is 6.13. The van der Waals surface area contributed by atoms with Gasteiger partial charge >= 0.3 is 6.09 Å². The molecule has 6 heteroatoms. The third kappa shape index (κ3) is 2.71. The molecule has 0 aliphatic heterocycles. The number of carbonyl (C=O) groups excluding carboxylic acids is 1. The van der Waals surface area contributed by atoms with Crippen LogP contribution < -0.4 is 11.1 Å². The summed E-state index contributed by atoms with van der Waals surface area (Å²) in [4.78, 5) is 11.6. The molecule has 2 aromatic rings. The summed E-state index contributed by atoms with van der Waals surface area (Å²) in [6, 6.07) is 5.08. The van der Waals surface area contributed by atoms with Gasteiger partial charge in [0.25, 0.3) is 0 Å². The fourth-order valence-corrected chi connectivity index (χ4v) is 1.46. The number of nitrogens with zero attached hydrogens (tertiary/aromatic N) is 1. The monoisotopic (exact) mass is 249 g/mol. The molecule has 1 aromatic carbocycles. The van der Waals surface area contributed by atoms with Gasteiger partial charge in [0.15, 0.2) is 11.4 Å². The van der Waals surface area contributed by atoms with E-state index in [1.54, 1.807) is 39.0 Å². The van der Waals surface area contributed by atoms with Gasteiger partial charge in [-0.1, -0.05) is 5.16 Å². The SMILES string of the molecule is CC(C)(C)OC(=O)Nc1ccc2c(N)noc2c1. The Bertz CT molecular complexity index is 584. The topological polar surface area (TPSA) is 90.4 Å². The van der Waals surface area contributed by atoms with Crippen molar-refractivity contribution in [3.05, 3.63) is 18.2 Å². The molecule has 0 aliphatic rings. The van der Waals surface area contributed by atoms with E-state index in [0.717, 1.165) is 0 Å². The highest BCUT2D eigenvalue weighted by molar-refractivity contribution is 5.92. The van der Waals surface area contributed by atoms with Crippen LogP contribution in [0.5, 0.6) is 0 Å². The Morgan fingerprint density at radius 1 is 1.44 bits per heavy atom. The van der Waals surface area contributed by atoms with E-state index in [9.17, 15) is 4.79 Å². The molecule has 3 N–H and O–H groups in total. The first-order valence-electron chi connectivity index (χ1n) is 5.50. The van der Waals surface area contributed by atoms with E-state index in [1.807, 2.05) is 0 Å². The quantitative estimate of drug-likeness (QED) is 0.810. The van der Waals surface area contributed by atoms with Crippen molar-refractivity contribution in [2.45, 2.75) is 26.4 Å². The number of nitrogens with one attached hydrogen (secondary N) is 1. The fourth-order valence-electron chi connectivity index (χ4n) is 1.46. The van der Waals surface area contributed by atoms with Crippen LogP contribution in [0.4, 0.5) is 16.3 Å². The fraction of sp³-hybridized carbons (Fsp3) is 0.333. The number of benzene rings is 1. The molecule has 0 bridgehead atoms. The average Bonchev–Trinajstić information content (AvgIpc) is 2.57. The molecule has 0 saturated heterocycles. The van der Waals surface area contributed by atoms with Crippen molar-refractivity contribution in [1.29, 1.82) is 0 Å². The van der Waals surface area contributed by atoms with Crippen LogP contribution in [0, 0.1) is 0 Å². The molecule has 2 rings (SSSR count). The zero-order valence-corrected chi connectivity index (χ0v) is 10.5. The first-order chi connectivity index (χ1) is 8.35. The number of anilines is 2. The van der Waals surface area contributed by atoms with Crippen LogP contribution in [0.3, 0.4) is 0 Å². The molecule has 6 nitrogen and oxygen atoms in total. The highest BCUT2D eigenvalue weighted by atomic mass is 16.6. The zero-order chi connectivity index (χ0) is 13.3. The summed E-state index contributed by atoms with van der Waals surface area (Å²) < 4.78 is 10.1. The van der Waals surface area contributed by atoms with Gasteiger partial charge in [-0.15, -0.1) is 0 Å². The van der Waals surface area contributed by atoms with Crippen LogP contribution in [-0.2, 0) is 4.74 Å². The molecule has 0 atom stereocenters. The Balaban J connectivity index is 2.15. The van der Waals surface area contributed by atoms with Gasteiger partial charge in [-0.2, -0.15) is 0 Å². The normalized spacial score (nSPS) is 11.5. The van der Waals surface area contributed by atoms with Crippen LogP contribution in [0.25, 0.3) is 11.0 Å². The number of hydrogen-bond acceptors (Lipinski definition) is 5. The third-order valence-corrected chi connectivity index (χ3v) is 2.15.